The van der Waals surface area contributed by atoms with E-state index in [0.29, 0.717) is 23.1 Å². The molecule has 0 spiro atoms. The van der Waals surface area contributed by atoms with Gasteiger partial charge in [0.15, 0.2) is 23.1 Å². The molecule has 9 aromatic rings. The van der Waals surface area contributed by atoms with Crippen LogP contribution in [0.15, 0.2) is 150 Å². The Balaban J connectivity index is 1.32. The number of fused-ring (bicyclic) bond motifs is 5. The fraction of sp³-hybridized carbons (Fsp3) is 0. The van der Waals surface area contributed by atoms with E-state index in [1.165, 1.54) is 5.39 Å². The first-order valence-electron chi connectivity index (χ1n) is 14.9. The third-order valence-electron chi connectivity index (χ3n) is 8.36. The molecule has 0 bridgehead atoms. The van der Waals surface area contributed by atoms with Gasteiger partial charge in [0.2, 0.25) is 0 Å². The first-order valence-corrected chi connectivity index (χ1v) is 14.9. The Labute approximate surface area is 258 Å². The lowest BCUT2D eigenvalue weighted by Crippen LogP contribution is -2.01. The van der Waals surface area contributed by atoms with Crippen LogP contribution in [0.5, 0.6) is 0 Å². The monoisotopic (exact) mass is 576 g/mol. The molecule has 5 nitrogen and oxygen atoms in total. The molecule has 210 valence electrons. The van der Waals surface area contributed by atoms with E-state index >= 15 is 0 Å². The van der Waals surface area contributed by atoms with E-state index in [0.717, 1.165) is 60.3 Å². The Hall–Kier alpha value is -6.20. The number of furan rings is 1. The maximum atomic E-state index is 6.33. The van der Waals surface area contributed by atoms with Crippen molar-refractivity contribution in [1.82, 2.24) is 19.9 Å². The van der Waals surface area contributed by atoms with Gasteiger partial charge in [0, 0.05) is 33.7 Å². The third-order valence-corrected chi connectivity index (χ3v) is 8.36. The number of aromatic nitrogens is 4. The molecular formula is C40H24N4O. The summed E-state index contributed by atoms with van der Waals surface area (Å²) in [5.74, 6) is 1.74. The van der Waals surface area contributed by atoms with Crippen LogP contribution < -0.4 is 0 Å². The molecule has 0 saturated carbocycles. The molecule has 6 aromatic carbocycles. The van der Waals surface area contributed by atoms with Crippen molar-refractivity contribution >= 4 is 43.5 Å². The van der Waals surface area contributed by atoms with Crippen LogP contribution in [0.25, 0.3) is 88.8 Å². The molecule has 5 heteroatoms. The Kier molecular flexibility index (Phi) is 5.74. The molecule has 0 aliphatic heterocycles. The lowest BCUT2D eigenvalue weighted by atomic mass is 9.95. The fourth-order valence-corrected chi connectivity index (χ4v) is 6.22. The minimum Gasteiger partial charge on any atom is -0.454 e. The number of pyridine rings is 1. The van der Waals surface area contributed by atoms with Gasteiger partial charge < -0.3 is 4.42 Å². The summed E-state index contributed by atoms with van der Waals surface area (Å²) in [6.45, 7) is 0. The molecule has 0 amide bonds. The predicted molar refractivity (Wildman–Crippen MR) is 182 cm³/mol. The summed E-state index contributed by atoms with van der Waals surface area (Å²) < 4.78 is 6.33. The van der Waals surface area contributed by atoms with Gasteiger partial charge in [-0.3, -0.25) is 4.98 Å². The van der Waals surface area contributed by atoms with Crippen molar-refractivity contribution in [3.05, 3.63) is 146 Å². The second-order valence-corrected chi connectivity index (χ2v) is 11.1. The Morgan fingerprint density at radius 1 is 0.400 bits per heavy atom. The molecular weight excluding hydrogens is 552 g/mol. The summed E-state index contributed by atoms with van der Waals surface area (Å²) in [5.41, 5.74) is 6.39. The lowest BCUT2D eigenvalue weighted by Gasteiger charge is -2.12. The average Bonchev–Trinajstić information content (AvgIpc) is 3.48. The Bertz CT molecular complexity index is 2540. The van der Waals surface area contributed by atoms with E-state index in [-0.39, 0.29) is 0 Å². The predicted octanol–water partition coefficient (Wildman–Crippen LogP) is 10.1. The largest absolute Gasteiger partial charge is 0.454 e. The van der Waals surface area contributed by atoms with Gasteiger partial charge in [0.1, 0.15) is 5.58 Å². The normalized spacial score (nSPS) is 11.6. The van der Waals surface area contributed by atoms with E-state index in [4.69, 9.17) is 19.4 Å². The Morgan fingerprint density at radius 2 is 1.02 bits per heavy atom. The molecule has 3 aromatic heterocycles. The van der Waals surface area contributed by atoms with Crippen LogP contribution in [-0.4, -0.2) is 19.9 Å². The number of hydrogen-bond acceptors (Lipinski definition) is 5. The highest BCUT2D eigenvalue weighted by atomic mass is 16.3. The van der Waals surface area contributed by atoms with Gasteiger partial charge in [0.05, 0.1) is 6.20 Å². The second-order valence-electron chi connectivity index (χ2n) is 11.1. The summed E-state index contributed by atoms with van der Waals surface area (Å²) in [5, 5.41) is 6.50. The van der Waals surface area contributed by atoms with E-state index in [1.807, 2.05) is 48.7 Å². The van der Waals surface area contributed by atoms with Crippen molar-refractivity contribution in [1.29, 1.82) is 0 Å². The van der Waals surface area contributed by atoms with Gasteiger partial charge in [-0.1, -0.05) is 109 Å². The molecule has 0 fully saturated rings. The van der Waals surface area contributed by atoms with E-state index < -0.39 is 0 Å². The summed E-state index contributed by atoms with van der Waals surface area (Å²) in [7, 11) is 0. The van der Waals surface area contributed by atoms with Gasteiger partial charge >= 0.3 is 0 Å². The SMILES string of the molecule is c1ccc(-c2nc(-c3cc(-c4ccccc4)c4ccccc4c3)nc(-c3cncc4oc5cc6ccccc6cc5c34)n2)cc1. The number of benzene rings is 6. The standard InChI is InChI=1S/C40H24N4O/c1-3-11-25(12-4-1)32-21-30(19-29-17-9-10-18-31(29)32)39-42-38(26-13-5-2-6-14-26)43-40(44-39)34-23-41-24-36-37(34)33-20-27-15-7-8-16-28(27)22-35(33)45-36/h1-24H. The lowest BCUT2D eigenvalue weighted by molar-refractivity contribution is 0.667. The molecule has 0 atom stereocenters. The minimum atomic E-state index is 0.544. The molecule has 9 rings (SSSR count). The molecule has 0 N–H and O–H groups in total. The van der Waals surface area contributed by atoms with Crippen LogP contribution in [0.3, 0.4) is 0 Å². The smallest absolute Gasteiger partial charge is 0.166 e. The first-order chi connectivity index (χ1) is 22.3. The maximum Gasteiger partial charge on any atom is 0.166 e. The molecule has 0 unspecified atom stereocenters. The first kappa shape index (κ1) is 25.3. The summed E-state index contributed by atoms with van der Waals surface area (Å²) in [6, 6.07) is 45.8. The zero-order valence-electron chi connectivity index (χ0n) is 24.1. The minimum absolute atomic E-state index is 0.544. The van der Waals surface area contributed by atoms with Crippen molar-refractivity contribution in [2.45, 2.75) is 0 Å². The molecule has 3 heterocycles. The summed E-state index contributed by atoms with van der Waals surface area (Å²) >= 11 is 0. The quantitative estimate of drug-likeness (QED) is 0.209. The van der Waals surface area contributed by atoms with E-state index in [9.17, 15) is 0 Å². The van der Waals surface area contributed by atoms with Crippen molar-refractivity contribution in [3.63, 3.8) is 0 Å². The van der Waals surface area contributed by atoms with Crippen LogP contribution in [0, 0.1) is 0 Å². The van der Waals surface area contributed by atoms with Crippen LogP contribution >= 0.6 is 0 Å². The highest BCUT2D eigenvalue weighted by Gasteiger charge is 2.19. The van der Waals surface area contributed by atoms with Crippen molar-refractivity contribution in [2.75, 3.05) is 0 Å². The van der Waals surface area contributed by atoms with E-state index in [2.05, 4.69) is 96.0 Å². The molecule has 0 aliphatic carbocycles. The topological polar surface area (TPSA) is 64.7 Å². The molecule has 0 saturated heterocycles. The zero-order valence-corrected chi connectivity index (χ0v) is 24.1. The maximum absolute atomic E-state index is 6.33. The number of nitrogens with zero attached hydrogens (tertiary/aromatic N) is 4. The van der Waals surface area contributed by atoms with Gasteiger partial charge in [-0.25, -0.2) is 15.0 Å². The zero-order chi connectivity index (χ0) is 29.7. The highest BCUT2D eigenvalue weighted by Crippen LogP contribution is 2.39. The van der Waals surface area contributed by atoms with Crippen LogP contribution in [0.2, 0.25) is 0 Å². The van der Waals surface area contributed by atoms with Gasteiger partial charge in [-0.15, -0.1) is 0 Å². The van der Waals surface area contributed by atoms with E-state index in [1.54, 1.807) is 6.20 Å². The molecule has 0 aliphatic rings. The van der Waals surface area contributed by atoms with Crippen molar-refractivity contribution in [2.24, 2.45) is 0 Å². The number of rotatable bonds is 4. The molecule has 45 heavy (non-hydrogen) atoms. The summed E-state index contributed by atoms with van der Waals surface area (Å²) in [4.78, 5) is 19.8. The van der Waals surface area contributed by atoms with Crippen molar-refractivity contribution < 1.29 is 4.42 Å². The fourth-order valence-electron chi connectivity index (χ4n) is 6.22. The van der Waals surface area contributed by atoms with Crippen LogP contribution in [0.4, 0.5) is 0 Å². The van der Waals surface area contributed by atoms with Crippen molar-refractivity contribution in [3.8, 4) is 45.3 Å². The molecule has 0 radical (unpaired) electrons. The summed E-state index contributed by atoms with van der Waals surface area (Å²) in [6.07, 6.45) is 3.59. The highest BCUT2D eigenvalue weighted by molar-refractivity contribution is 6.14. The van der Waals surface area contributed by atoms with Crippen LogP contribution in [0.1, 0.15) is 0 Å². The number of hydrogen-bond donors (Lipinski definition) is 0. The van der Waals surface area contributed by atoms with Gasteiger partial charge in [-0.05, 0) is 56.9 Å². The van der Waals surface area contributed by atoms with Gasteiger partial charge in [-0.2, -0.15) is 0 Å². The average molecular weight is 577 g/mol. The van der Waals surface area contributed by atoms with Gasteiger partial charge in [0.25, 0.3) is 0 Å². The Morgan fingerprint density at radius 3 is 1.80 bits per heavy atom. The third kappa shape index (κ3) is 4.33. The van der Waals surface area contributed by atoms with Crippen LogP contribution in [-0.2, 0) is 0 Å². The second kappa shape index (κ2) is 10.2.